The largest absolute Gasteiger partial charge is 0.322 e. The number of anilines is 1. The van der Waals surface area contributed by atoms with Gasteiger partial charge in [-0.2, -0.15) is 0 Å². The summed E-state index contributed by atoms with van der Waals surface area (Å²) in [6, 6.07) is 5.98. The van der Waals surface area contributed by atoms with Gasteiger partial charge in [0.15, 0.2) is 0 Å². The Bertz CT molecular complexity index is 409. The van der Waals surface area contributed by atoms with E-state index in [0.29, 0.717) is 13.1 Å². The van der Waals surface area contributed by atoms with Crippen LogP contribution in [0.25, 0.3) is 0 Å². The SMILES string of the molecule is Cc1cccc(C)c1NC(=O)N1CC=CC1. The van der Waals surface area contributed by atoms with E-state index in [2.05, 4.69) is 5.32 Å². The minimum absolute atomic E-state index is 0.0256. The zero-order chi connectivity index (χ0) is 11.5. The number of nitrogens with one attached hydrogen (secondary N) is 1. The lowest BCUT2D eigenvalue weighted by Crippen LogP contribution is -2.33. The van der Waals surface area contributed by atoms with Gasteiger partial charge >= 0.3 is 6.03 Å². The molecule has 84 valence electrons. The van der Waals surface area contributed by atoms with Crippen molar-refractivity contribution >= 4 is 11.7 Å². The Morgan fingerprint density at radius 2 is 1.75 bits per heavy atom. The second-order valence-corrected chi connectivity index (χ2v) is 4.07. The molecule has 0 unspecified atom stereocenters. The first-order valence-electron chi connectivity index (χ1n) is 5.45. The number of amides is 2. The zero-order valence-corrected chi connectivity index (χ0v) is 9.66. The van der Waals surface area contributed by atoms with Gasteiger partial charge in [-0.05, 0) is 25.0 Å². The summed E-state index contributed by atoms with van der Waals surface area (Å²) in [5.41, 5.74) is 3.13. The third-order valence-electron chi connectivity index (χ3n) is 2.82. The molecule has 0 bridgehead atoms. The van der Waals surface area contributed by atoms with Crippen LogP contribution in [0.5, 0.6) is 0 Å². The Balaban J connectivity index is 2.11. The van der Waals surface area contributed by atoms with E-state index in [1.807, 2.05) is 44.2 Å². The molecule has 1 aromatic carbocycles. The van der Waals surface area contributed by atoms with Crippen LogP contribution < -0.4 is 5.32 Å². The molecule has 2 amide bonds. The molecule has 0 radical (unpaired) electrons. The minimum atomic E-state index is -0.0256. The van der Waals surface area contributed by atoms with E-state index in [1.54, 1.807) is 4.90 Å². The fourth-order valence-corrected chi connectivity index (χ4v) is 1.84. The summed E-state index contributed by atoms with van der Waals surface area (Å²) < 4.78 is 0. The second-order valence-electron chi connectivity index (χ2n) is 4.07. The maximum atomic E-state index is 11.9. The number of aryl methyl sites for hydroxylation is 2. The third kappa shape index (κ3) is 2.08. The number of rotatable bonds is 1. The number of hydrogen-bond donors (Lipinski definition) is 1. The Morgan fingerprint density at radius 3 is 2.31 bits per heavy atom. The molecule has 3 nitrogen and oxygen atoms in total. The molecule has 3 heteroatoms. The van der Waals surface area contributed by atoms with Gasteiger partial charge in [0.1, 0.15) is 0 Å². The standard InChI is InChI=1S/C13H16N2O/c1-10-6-5-7-11(2)12(10)14-13(16)15-8-3-4-9-15/h3-7H,8-9H2,1-2H3,(H,14,16). The maximum Gasteiger partial charge on any atom is 0.322 e. The molecule has 16 heavy (non-hydrogen) atoms. The molecule has 1 aromatic rings. The van der Waals surface area contributed by atoms with Crippen LogP contribution in [-0.4, -0.2) is 24.0 Å². The summed E-state index contributed by atoms with van der Waals surface area (Å²) in [7, 11) is 0. The van der Waals surface area contributed by atoms with Crippen LogP contribution >= 0.6 is 0 Å². The average molecular weight is 216 g/mol. The monoisotopic (exact) mass is 216 g/mol. The van der Waals surface area contributed by atoms with Crippen molar-refractivity contribution in [2.45, 2.75) is 13.8 Å². The first kappa shape index (κ1) is 10.7. The van der Waals surface area contributed by atoms with Crippen LogP contribution in [0.3, 0.4) is 0 Å². The van der Waals surface area contributed by atoms with E-state index in [4.69, 9.17) is 0 Å². The van der Waals surface area contributed by atoms with E-state index in [-0.39, 0.29) is 6.03 Å². The Kier molecular flexibility index (Phi) is 2.95. The summed E-state index contributed by atoms with van der Waals surface area (Å²) >= 11 is 0. The van der Waals surface area contributed by atoms with Gasteiger partial charge in [-0.15, -0.1) is 0 Å². The molecule has 0 atom stereocenters. The fourth-order valence-electron chi connectivity index (χ4n) is 1.84. The summed E-state index contributed by atoms with van der Waals surface area (Å²) in [6.45, 7) is 5.42. The molecule has 2 rings (SSSR count). The van der Waals surface area contributed by atoms with Crippen molar-refractivity contribution in [2.24, 2.45) is 0 Å². The van der Waals surface area contributed by atoms with Gasteiger partial charge in [0, 0.05) is 18.8 Å². The molecule has 1 aliphatic rings. The molecule has 0 aromatic heterocycles. The van der Waals surface area contributed by atoms with Crippen LogP contribution in [0.1, 0.15) is 11.1 Å². The van der Waals surface area contributed by atoms with E-state index in [0.717, 1.165) is 16.8 Å². The van der Waals surface area contributed by atoms with Gasteiger partial charge in [-0.25, -0.2) is 4.79 Å². The number of benzene rings is 1. The number of nitrogens with zero attached hydrogens (tertiary/aromatic N) is 1. The lowest BCUT2D eigenvalue weighted by atomic mass is 10.1. The molecule has 0 fully saturated rings. The number of carbonyl (C=O) groups is 1. The summed E-state index contributed by atoms with van der Waals surface area (Å²) in [5, 5.41) is 2.97. The lowest BCUT2D eigenvalue weighted by molar-refractivity contribution is 0.224. The topological polar surface area (TPSA) is 32.3 Å². The highest BCUT2D eigenvalue weighted by atomic mass is 16.2. The highest BCUT2D eigenvalue weighted by Gasteiger charge is 2.15. The molecule has 1 heterocycles. The van der Waals surface area contributed by atoms with Crippen molar-refractivity contribution in [3.8, 4) is 0 Å². The van der Waals surface area contributed by atoms with E-state index in [1.165, 1.54) is 0 Å². The third-order valence-corrected chi connectivity index (χ3v) is 2.82. The number of carbonyl (C=O) groups excluding carboxylic acids is 1. The van der Waals surface area contributed by atoms with Crippen molar-refractivity contribution < 1.29 is 4.79 Å². The fraction of sp³-hybridized carbons (Fsp3) is 0.308. The molecule has 0 saturated carbocycles. The molecule has 0 spiro atoms. The Morgan fingerprint density at radius 1 is 1.19 bits per heavy atom. The Labute approximate surface area is 95.8 Å². The normalized spacial score (nSPS) is 14.2. The zero-order valence-electron chi connectivity index (χ0n) is 9.66. The first-order chi connectivity index (χ1) is 7.68. The van der Waals surface area contributed by atoms with E-state index in [9.17, 15) is 4.79 Å². The number of urea groups is 1. The van der Waals surface area contributed by atoms with Gasteiger partial charge in [0.05, 0.1) is 0 Å². The average Bonchev–Trinajstić information content (AvgIpc) is 2.76. The summed E-state index contributed by atoms with van der Waals surface area (Å²) in [6.07, 6.45) is 4.01. The number of hydrogen-bond acceptors (Lipinski definition) is 1. The van der Waals surface area contributed by atoms with Gasteiger partial charge < -0.3 is 10.2 Å². The number of para-hydroxylation sites is 1. The molecule has 0 saturated heterocycles. The van der Waals surface area contributed by atoms with Crippen molar-refractivity contribution in [1.29, 1.82) is 0 Å². The van der Waals surface area contributed by atoms with Crippen LogP contribution in [0, 0.1) is 13.8 Å². The van der Waals surface area contributed by atoms with Gasteiger partial charge in [-0.1, -0.05) is 30.4 Å². The molecule has 0 aliphatic carbocycles. The maximum absolute atomic E-state index is 11.9. The molecular formula is C13H16N2O. The van der Waals surface area contributed by atoms with Crippen molar-refractivity contribution in [2.75, 3.05) is 18.4 Å². The van der Waals surface area contributed by atoms with Crippen molar-refractivity contribution in [1.82, 2.24) is 4.90 Å². The van der Waals surface area contributed by atoms with Crippen molar-refractivity contribution in [3.05, 3.63) is 41.5 Å². The van der Waals surface area contributed by atoms with Crippen LogP contribution in [0.15, 0.2) is 30.4 Å². The molecular weight excluding hydrogens is 200 g/mol. The predicted octanol–water partition coefficient (Wildman–Crippen LogP) is 2.71. The highest BCUT2D eigenvalue weighted by molar-refractivity contribution is 5.91. The summed E-state index contributed by atoms with van der Waals surface area (Å²) in [5.74, 6) is 0. The summed E-state index contributed by atoms with van der Waals surface area (Å²) in [4.78, 5) is 13.7. The first-order valence-corrected chi connectivity index (χ1v) is 5.45. The lowest BCUT2D eigenvalue weighted by Gasteiger charge is -2.18. The van der Waals surface area contributed by atoms with Crippen LogP contribution in [0.4, 0.5) is 10.5 Å². The smallest absolute Gasteiger partial charge is 0.317 e. The van der Waals surface area contributed by atoms with Gasteiger partial charge in [0.2, 0.25) is 0 Å². The van der Waals surface area contributed by atoms with Gasteiger partial charge in [0.25, 0.3) is 0 Å². The quantitative estimate of drug-likeness (QED) is 0.719. The minimum Gasteiger partial charge on any atom is -0.317 e. The van der Waals surface area contributed by atoms with E-state index >= 15 is 0 Å². The Hall–Kier alpha value is -1.77. The van der Waals surface area contributed by atoms with E-state index < -0.39 is 0 Å². The highest BCUT2D eigenvalue weighted by Crippen LogP contribution is 2.20. The molecule has 1 aliphatic heterocycles. The van der Waals surface area contributed by atoms with Crippen LogP contribution in [0.2, 0.25) is 0 Å². The molecule has 1 N–H and O–H groups in total. The van der Waals surface area contributed by atoms with Crippen molar-refractivity contribution in [3.63, 3.8) is 0 Å². The second kappa shape index (κ2) is 4.39. The van der Waals surface area contributed by atoms with Gasteiger partial charge in [-0.3, -0.25) is 0 Å². The predicted molar refractivity (Wildman–Crippen MR) is 65.6 cm³/mol. The van der Waals surface area contributed by atoms with Crippen LogP contribution in [-0.2, 0) is 0 Å².